The minimum atomic E-state index is 0.468. The normalized spacial score (nSPS) is 38.1. The molecule has 2 fully saturated rings. The van der Waals surface area contributed by atoms with E-state index in [-0.39, 0.29) is 0 Å². The third kappa shape index (κ3) is 1.66. The number of hydrogen-bond donors (Lipinski definition) is 1. The number of fused-ring (bicyclic) bond motifs is 3. The second-order valence-electron chi connectivity index (χ2n) is 5.81. The van der Waals surface area contributed by atoms with Crippen molar-refractivity contribution in [1.29, 1.82) is 0 Å². The number of ether oxygens (including phenoxy) is 1. The third-order valence-electron chi connectivity index (χ3n) is 4.74. The van der Waals surface area contributed by atoms with Crippen molar-refractivity contribution in [3.05, 3.63) is 15.6 Å². The van der Waals surface area contributed by atoms with E-state index in [4.69, 9.17) is 9.72 Å². The minimum absolute atomic E-state index is 0.468. The number of thiazole rings is 1. The van der Waals surface area contributed by atoms with Crippen molar-refractivity contribution in [3.63, 3.8) is 0 Å². The van der Waals surface area contributed by atoms with Crippen LogP contribution in [0.1, 0.15) is 59.6 Å². The molecule has 98 valence electrons. The molecule has 4 heteroatoms. The molecular weight excluding hydrogens is 244 g/mol. The Kier molecular flexibility index (Phi) is 2.71. The van der Waals surface area contributed by atoms with E-state index >= 15 is 0 Å². The molecule has 1 aromatic rings. The van der Waals surface area contributed by atoms with Crippen LogP contribution >= 0.6 is 11.3 Å². The van der Waals surface area contributed by atoms with Gasteiger partial charge in [0, 0.05) is 16.8 Å². The summed E-state index contributed by atoms with van der Waals surface area (Å²) in [6.07, 6.45) is 8.43. The van der Waals surface area contributed by atoms with Gasteiger partial charge in [-0.1, -0.05) is 0 Å². The van der Waals surface area contributed by atoms with Gasteiger partial charge in [0.25, 0.3) is 0 Å². The maximum atomic E-state index is 5.98. The van der Waals surface area contributed by atoms with Gasteiger partial charge in [0.2, 0.25) is 0 Å². The van der Waals surface area contributed by atoms with Gasteiger partial charge in [-0.05, 0) is 45.6 Å². The van der Waals surface area contributed by atoms with E-state index in [0.717, 1.165) is 0 Å². The number of hydrogen-bond acceptors (Lipinski definition) is 4. The van der Waals surface area contributed by atoms with Gasteiger partial charge < -0.3 is 10.1 Å². The maximum Gasteiger partial charge on any atom is 0.0989 e. The molecule has 0 amide bonds. The van der Waals surface area contributed by atoms with Gasteiger partial charge in [-0.25, -0.2) is 4.98 Å². The van der Waals surface area contributed by atoms with Crippen molar-refractivity contribution >= 4 is 11.3 Å². The fourth-order valence-corrected chi connectivity index (χ4v) is 5.19. The number of nitrogens with zero attached hydrogens (tertiary/aromatic N) is 1. The molecule has 1 aromatic heterocycles. The summed E-state index contributed by atoms with van der Waals surface area (Å²) in [6, 6.07) is 0.541. The van der Waals surface area contributed by atoms with Gasteiger partial charge in [-0.15, -0.1) is 11.3 Å². The number of nitrogens with one attached hydrogen (secondary N) is 1. The molecule has 2 saturated heterocycles. The zero-order chi connectivity index (χ0) is 12.1. The van der Waals surface area contributed by atoms with Gasteiger partial charge >= 0.3 is 0 Å². The van der Waals surface area contributed by atoms with Crippen molar-refractivity contribution in [2.45, 2.75) is 62.7 Å². The molecule has 1 aliphatic carbocycles. The summed E-state index contributed by atoms with van der Waals surface area (Å²) < 4.78 is 5.98. The van der Waals surface area contributed by atoms with E-state index < -0.39 is 0 Å². The summed E-state index contributed by atoms with van der Waals surface area (Å²) in [4.78, 5) is 6.45. The average Bonchev–Trinajstić information content (AvgIpc) is 3.11. The summed E-state index contributed by atoms with van der Waals surface area (Å²) in [6.45, 7) is 0. The predicted octanol–water partition coefficient (Wildman–Crippen LogP) is 2.77. The SMILES string of the molecule is CNC1CCCc2nc(C3CC4CCC3O4)sc21. The topological polar surface area (TPSA) is 34.2 Å². The Morgan fingerprint density at radius 1 is 1.33 bits per heavy atom. The van der Waals surface area contributed by atoms with Crippen LogP contribution in [0.4, 0.5) is 0 Å². The van der Waals surface area contributed by atoms with Crippen LogP contribution in [0.2, 0.25) is 0 Å². The first-order valence-electron chi connectivity index (χ1n) is 7.17. The predicted molar refractivity (Wildman–Crippen MR) is 72.1 cm³/mol. The van der Waals surface area contributed by atoms with Crippen molar-refractivity contribution in [2.24, 2.45) is 0 Å². The van der Waals surface area contributed by atoms with Crippen LogP contribution in [-0.2, 0) is 11.2 Å². The molecule has 18 heavy (non-hydrogen) atoms. The van der Waals surface area contributed by atoms with Crippen LogP contribution in [0.15, 0.2) is 0 Å². The number of aromatic nitrogens is 1. The molecule has 0 saturated carbocycles. The van der Waals surface area contributed by atoms with Crippen LogP contribution in [0, 0.1) is 0 Å². The molecule has 0 aromatic carbocycles. The van der Waals surface area contributed by atoms with Crippen LogP contribution in [0.3, 0.4) is 0 Å². The zero-order valence-corrected chi connectivity index (χ0v) is 11.6. The van der Waals surface area contributed by atoms with E-state index in [0.29, 0.717) is 24.2 Å². The minimum Gasteiger partial charge on any atom is -0.374 e. The van der Waals surface area contributed by atoms with Crippen molar-refractivity contribution in [1.82, 2.24) is 10.3 Å². The quantitative estimate of drug-likeness (QED) is 0.892. The molecule has 4 unspecified atom stereocenters. The molecule has 0 radical (unpaired) electrons. The van der Waals surface area contributed by atoms with Crippen LogP contribution in [0.5, 0.6) is 0 Å². The third-order valence-corrected chi connectivity index (χ3v) is 6.08. The molecule has 2 bridgehead atoms. The zero-order valence-electron chi connectivity index (χ0n) is 10.8. The molecule has 3 aliphatic rings. The first kappa shape index (κ1) is 11.4. The van der Waals surface area contributed by atoms with Crippen LogP contribution in [0.25, 0.3) is 0 Å². The summed E-state index contributed by atoms with van der Waals surface area (Å²) in [5, 5.41) is 4.79. The first-order chi connectivity index (χ1) is 8.85. The lowest BCUT2D eigenvalue weighted by Gasteiger charge is -2.20. The maximum absolute atomic E-state index is 5.98. The highest BCUT2D eigenvalue weighted by molar-refractivity contribution is 7.12. The van der Waals surface area contributed by atoms with E-state index in [1.165, 1.54) is 54.1 Å². The van der Waals surface area contributed by atoms with Gasteiger partial charge in [0.15, 0.2) is 0 Å². The smallest absolute Gasteiger partial charge is 0.0989 e. The first-order valence-corrected chi connectivity index (χ1v) is 7.99. The Labute approximate surface area is 112 Å². The lowest BCUT2D eigenvalue weighted by Crippen LogP contribution is -2.19. The molecule has 3 heterocycles. The van der Waals surface area contributed by atoms with Gasteiger partial charge in [-0.2, -0.15) is 0 Å². The number of rotatable bonds is 2. The molecular formula is C14H20N2OS. The monoisotopic (exact) mass is 264 g/mol. The largest absolute Gasteiger partial charge is 0.374 e. The van der Waals surface area contributed by atoms with Crippen LogP contribution in [-0.4, -0.2) is 24.2 Å². The molecule has 3 nitrogen and oxygen atoms in total. The molecule has 1 N–H and O–H groups in total. The molecule has 4 rings (SSSR count). The van der Waals surface area contributed by atoms with E-state index in [1.54, 1.807) is 0 Å². The van der Waals surface area contributed by atoms with Crippen molar-refractivity contribution in [3.8, 4) is 0 Å². The molecule has 4 atom stereocenters. The summed E-state index contributed by atoms with van der Waals surface area (Å²) in [5.41, 5.74) is 1.36. The highest BCUT2D eigenvalue weighted by Gasteiger charge is 2.43. The van der Waals surface area contributed by atoms with Crippen molar-refractivity contribution < 1.29 is 4.74 Å². The molecule has 0 spiro atoms. The fraction of sp³-hybridized carbons (Fsp3) is 0.786. The second-order valence-corrected chi connectivity index (χ2v) is 6.87. The van der Waals surface area contributed by atoms with Crippen molar-refractivity contribution in [2.75, 3.05) is 7.05 Å². The number of aryl methyl sites for hydroxylation is 1. The lowest BCUT2D eigenvalue weighted by atomic mass is 9.90. The lowest BCUT2D eigenvalue weighted by molar-refractivity contribution is 0.100. The summed E-state index contributed by atoms with van der Waals surface area (Å²) in [5.74, 6) is 0.594. The second kappa shape index (κ2) is 4.29. The fourth-order valence-electron chi connectivity index (χ4n) is 3.77. The van der Waals surface area contributed by atoms with E-state index in [1.807, 2.05) is 11.3 Å². The Balaban J connectivity index is 1.65. The van der Waals surface area contributed by atoms with Gasteiger partial charge in [0.05, 0.1) is 22.9 Å². The molecule has 2 aliphatic heterocycles. The highest BCUT2D eigenvalue weighted by atomic mass is 32.1. The Bertz CT molecular complexity index is 459. The Morgan fingerprint density at radius 3 is 3.00 bits per heavy atom. The highest BCUT2D eigenvalue weighted by Crippen LogP contribution is 2.47. The van der Waals surface area contributed by atoms with E-state index in [9.17, 15) is 0 Å². The van der Waals surface area contributed by atoms with E-state index in [2.05, 4.69) is 12.4 Å². The summed E-state index contributed by atoms with van der Waals surface area (Å²) >= 11 is 1.95. The van der Waals surface area contributed by atoms with Crippen LogP contribution < -0.4 is 5.32 Å². The Hall–Kier alpha value is -0.450. The van der Waals surface area contributed by atoms with Gasteiger partial charge in [0.1, 0.15) is 0 Å². The average molecular weight is 264 g/mol. The van der Waals surface area contributed by atoms with Gasteiger partial charge in [-0.3, -0.25) is 0 Å². The Morgan fingerprint density at radius 2 is 2.28 bits per heavy atom. The standard InChI is InChI=1S/C14H20N2OS/c1-15-10-3-2-4-11-13(10)18-14(16-11)9-7-8-5-6-12(9)17-8/h8-10,12,15H,2-7H2,1H3. The summed E-state index contributed by atoms with van der Waals surface area (Å²) in [7, 11) is 2.07.